The van der Waals surface area contributed by atoms with E-state index in [9.17, 15) is 63.0 Å². The van der Waals surface area contributed by atoms with E-state index in [0.717, 1.165) is 6.92 Å². The van der Waals surface area contributed by atoms with Crippen LogP contribution in [0.25, 0.3) is 10.9 Å². The van der Waals surface area contributed by atoms with Gasteiger partial charge in [0.1, 0.15) is 48.3 Å². The molecule has 4 rings (SSSR count). The number of nitrogens with one attached hydrogen (secondary N) is 10. The Hall–Kier alpha value is -8.44. The zero-order valence-electron chi connectivity index (χ0n) is 50.0. The predicted molar refractivity (Wildman–Crippen MR) is 330 cm³/mol. The van der Waals surface area contributed by atoms with Crippen molar-refractivity contribution in [3.63, 3.8) is 0 Å². The Labute approximate surface area is 515 Å². The van der Waals surface area contributed by atoms with E-state index in [1.54, 1.807) is 97.4 Å². The molecule has 1 heterocycles. The Kier molecular flexibility index (Phi) is 30.5. The molecule has 0 aliphatic heterocycles. The van der Waals surface area contributed by atoms with Crippen molar-refractivity contribution in [2.45, 2.75) is 145 Å². The fourth-order valence-electron chi connectivity index (χ4n) is 9.34. The van der Waals surface area contributed by atoms with Crippen LogP contribution >= 0.6 is 11.8 Å². The van der Waals surface area contributed by atoms with Crippen molar-refractivity contribution >= 4 is 87.6 Å². The minimum atomic E-state index is -1.86. The number of hydrogen-bond acceptors (Lipinski definition) is 16. The molecule has 0 bridgehead atoms. The lowest BCUT2D eigenvalue weighted by molar-refractivity contribution is -0.137. The topological polar surface area (TPSA) is 456 Å². The van der Waals surface area contributed by atoms with Gasteiger partial charge in [-0.3, -0.25) is 52.7 Å². The van der Waals surface area contributed by atoms with Crippen LogP contribution in [-0.2, 0) is 72.0 Å². The summed E-state index contributed by atoms with van der Waals surface area (Å²) in [4.78, 5) is 153. The largest absolute Gasteiger partial charge is 0.394 e. The molecule has 10 atom stereocenters. The highest BCUT2D eigenvalue weighted by Crippen LogP contribution is 2.20. The molecule has 28 heteroatoms. The van der Waals surface area contributed by atoms with Gasteiger partial charge in [-0.25, -0.2) is 0 Å². The molecule has 0 aliphatic rings. The van der Waals surface area contributed by atoms with Crippen LogP contribution in [-0.4, -0.2) is 172 Å². The second-order valence-electron chi connectivity index (χ2n) is 21.8. The second-order valence-corrected chi connectivity index (χ2v) is 22.8. The molecule has 480 valence electrons. The zero-order valence-corrected chi connectivity index (χ0v) is 50.8. The minimum absolute atomic E-state index is 0.00515. The first kappa shape index (κ1) is 72.0. The molecule has 0 saturated carbocycles. The summed E-state index contributed by atoms with van der Waals surface area (Å²) in [5.74, 6) is -9.18. The summed E-state index contributed by atoms with van der Waals surface area (Å²) in [5.41, 5.74) is 24.9. The number of unbranched alkanes of at least 4 members (excludes halogenated alkanes) is 1. The molecule has 0 aliphatic carbocycles. The third-order valence-corrected chi connectivity index (χ3v) is 14.7. The number of nitrogens with two attached hydrogens (primary N) is 4. The van der Waals surface area contributed by atoms with E-state index in [0.29, 0.717) is 46.2 Å². The van der Waals surface area contributed by atoms with Crippen LogP contribution in [0.4, 0.5) is 0 Å². The Balaban J connectivity index is 1.62. The number of rotatable bonds is 39. The van der Waals surface area contributed by atoms with Crippen LogP contribution in [0.3, 0.4) is 0 Å². The minimum Gasteiger partial charge on any atom is -0.394 e. The van der Waals surface area contributed by atoms with Gasteiger partial charge in [0.2, 0.25) is 65.0 Å². The standard InChI is InChI=1S/C60H86N14O13S/c1-34(2)27-40(62)52(79)67-43(22-23-49(63)77)55(82)68-42(21-13-14-25-61)54(81)70-46(29-37-17-9-6-10-18-37)58(85)74-51(35(3)76)60(87)73-48(33-75)59(86)72-47(30-38-31-65-41-20-12-11-19-39(38)41)57(84)71-45(28-36-15-7-5-8-16-36)56(83)69-44(24-26-88-4)53(80)66-32-50(64)78/h5-12,15-20,31,34-35,40,42-48,51,65,75-76H,13-14,21-30,32-33,61-62H2,1-4H3,(H2,63,77)(H2,64,78)(H,66,80)(H,67,79)(H,68,82)(H,69,83)(H,70,81)(H,71,84)(H,72,86)(H,73,87)(H,74,85)/t35-,40+,42+,43+,44+,45+,46+,47+,48+,51+/m1/s1. The van der Waals surface area contributed by atoms with E-state index in [-0.39, 0.29) is 63.8 Å². The van der Waals surface area contributed by atoms with E-state index < -0.39 is 139 Å². The third kappa shape index (κ3) is 24.4. The van der Waals surface area contributed by atoms with Crippen LogP contribution < -0.4 is 70.8 Å². The molecule has 27 nitrogen and oxygen atoms in total. The third-order valence-electron chi connectivity index (χ3n) is 14.1. The summed E-state index contributed by atoms with van der Waals surface area (Å²) in [5, 5.41) is 45.5. The van der Waals surface area contributed by atoms with Crippen molar-refractivity contribution in [3.8, 4) is 0 Å². The fourth-order valence-corrected chi connectivity index (χ4v) is 9.81. The number of aromatic amines is 1. The number of primary amides is 2. The molecule has 0 fully saturated rings. The first-order valence-corrected chi connectivity index (χ1v) is 30.5. The summed E-state index contributed by atoms with van der Waals surface area (Å²) in [6, 6.07) is 11.2. The molecule has 0 unspecified atom stereocenters. The molecular weight excluding hydrogens is 1160 g/mol. The van der Waals surface area contributed by atoms with Crippen molar-refractivity contribution < 1.29 is 63.0 Å². The van der Waals surface area contributed by atoms with Crippen molar-refractivity contribution in [3.05, 3.63) is 108 Å². The van der Waals surface area contributed by atoms with E-state index in [1.165, 1.54) is 11.8 Å². The quantitative estimate of drug-likeness (QED) is 0.0207. The normalized spacial score (nSPS) is 14.6. The highest BCUT2D eigenvalue weighted by molar-refractivity contribution is 7.98. The molecule has 0 spiro atoms. The van der Waals surface area contributed by atoms with Crippen molar-refractivity contribution in [1.82, 2.24) is 52.8 Å². The average molecular weight is 1240 g/mol. The van der Waals surface area contributed by atoms with Gasteiger partial charge >= 0.3 is 0 Å². The van der Waals surface area contributed by atoms with E-state index in [2.05, 4.69) is 52.8 Å². The van der Waals surface area contributed by atoms with E-state index in [1.807, 2.05) is 13.8 Å². The highest BCUT2D eigenvalue weighted by Gasteiger charge is 2.37. The number of fused-ring (bicyclic) bond motifs is 1. The maximum absolute atomic E-state index is 14.7. The molecule has 3 aromatic carbocycles. The SMILES string of the molecule is CSCC[C@H](NC(=O)[C@H](Cc1ccccc1)NC(=O)[C@H](Cc1c[nH]c2ccccc12)NC(=O)[C@H](CO)NC(=O)[C@@H](NC(=O)[C@H](Cc1ccccc1)NC(=O)[C@H](CCCCN)NC(=O)[C@H](CCC(N)=O)NC(=O)[C@@H](N)CC(C)C)[C@@H](C)O)C(=O)NCC(N)=O. The van der Waals surface area contributed by atoms with Crippen molar-refractivity contribution in [2.24, 2.45) is 28.9 Å². The number of benzene rings is 3. The molecule has 0 saturated heterocycles. The Morgan fingerprint density at radius 1 is 0.534 bits per heavy atom. The van der Waals surface area contributed by atoms with Gasteiger partial charge < -0.3 is 86.0 Å². The number of para-hydroxylation sites is 1. The number of aliphatic hydroxyl groups excluding tert-OH is 2. The maximum atomic E-state index is 14.7. The zero-order chi connectivity index (χ0) is 64.9. The lowest BCUT2D eigenvalue weighted by Gasteiger charge is -2.29. The summed E-state index contributed by atoms with van der Waals surface area (Å²) >= 11 is 1.40. The van der Waals surface area contributed by atoms with Gasteiger partial charge in [-0.1, -0.05) is 92.7 Å². The highest BCUT2D eigenvalue weighted by atomic mass is 32.2. The number of carbonyl (C=O) groups excluding carboxylic acids is 11. The van der Waals surface area contributed by atoms with Gasteiger partial charge in [-0.15, -0.1) is 0 Å². The number of amides is 11. The number of carbonyl (C=O) groups is 11. The average Bonchev–Trinajstić information content (AvgIpc) is 4.15. The van der Waals surface area contributed by atoms with Gasteiger partial charge in [-0.2, -0.15) is 11.8 Å². The Bertz CT molecular complexity index is 2970. The van der Waals surface area contributed by atoms with E-state index >= 15 is 0 Å². The smallest absolute Gasteiger partial charge is 0.245 e. The van der Waals surface area contributed by atoms with E-state index in [4.69, 9.17) is 22.9 Å². The predicted octanol–water partition coefficient (Wildman–Crippen LogP) is -2.43. The lowest BCUT2D eigenvalue weighted by atomic mass is 10.0. The molecule has 4 aromatic rings. The van der Waals surface area contributed by atoms with Crippen LogP contribution in [0, 0.1) is 5.92 Å². The molecular formula is C60H86N14O13S. The molecule has 88 heavy (non-hydrogen) atoms. The summed E-state index contributed by atoms with van der Waals surface area (Å²) in [6.07, 6.45) is 1.84. The summed E-state index contributed by atoms with van der Waals surface area (Å²) in [7, 11) is 0. The van der Waals surface area contributed by atoms with Crippen LogP contribution in [0.5, 0.6) is 0 Å². The number of hydrogen-bond donors (Lipinski definition) is 16. The second kappa shape index (κ2) is 37.3. The number of aliphatic hydroxyl groups is 2. The van der Waals surface area contributed by atoms with Gasteiger partial charge in [0, 0.05) is 42.8 Å². The first-order chi connectivity index (χ1) is 41.9. The van der Waals surface area contributed by atoms with Gasteiger partial charge in [0.25, 0.3) is 0 Å². The van der Waals surface area contributed by atoms with Crippen molar-refractivity contribution in [1.29, 1.82) is 0 Å². The van der Waals surface area contributed by atoms with Gasteiger partial charge in [0.05, 0.1) is 25.3 Å². The van der Waals surface area contributed by atoms with Crippen molar-refractivity contribution in [2.75, 3.05) is 31.7 Å². The molecule has 0 radical (unpaired) electrons. The van der Waals surface area contributed by atoms with Crippen LogP contribution in [0.1, 0.15) is 82.4 Å². The molecule has 20 N–H and O–H groups in total. The fraction of sp³-hybridized carbons (Fsp3) is 0.483. The first-order valence-electron chi connectivity index (χ1n) is 29.1. The molecule has 1 aromatic heterocycles. The number of thioether (sulfide) groups is 1. The maximum Gasteiger partial charge on any atom is 0.245 e. The number of H-pyrrole nitrogens is 1. The van der Waals surface area contributed by atoms with Crippen LogP contribution in [0.2, 0.25) is 0 Å². The number of aromatic nitrogens is 1. The summed E-state index contributed by atoms with van der Waals surface area (Å²) < 4.78 is 0. The van der Waals surface area contributed by atoms with Gasteiger partial charge in [0.15, 0.2) is 0 Å². The molecule has 11 amide bonds. The Morgan fingerprint density at radius 3 is 1.51 bits per heavy atom. The van der Waals surface area contributed by atoms with Gasteiger partial charge in [-0.05, 0) is 92.7 Å². The summed E-state index contributed by atoms with van der Waals surface area (Å²) in [6.45, 7) is 3.54. The van der Waals surface area contributed by atoms with Crippen LogP contribution in [0.15, 0.2) is 91.1 Å². The lowest BCUT2D eigenvalue weighted by Crippen LogP contribution is -2.63. The Morgan fingerprint density at radius 2 is 1.00 bits per heavy atom. The monoisotopic (exact) mass is 1240 g/mol.